The summed E-state index contributed by atoms with van der Waals surface area (Å²) in [6, 6.07) is 0. The minimum absolute atomic E-state index is 0.0343. The van der Waals surface area contributed by atoms with E-state index in [2.05, 4.69) is 82.7 Å². The van der Waals surface area contributed by atoms with Crippen molar-refractivity contribution in [1.82, 2.24) is 19.5 Å². The summed E-state index contributed by atoms with van der Waals surface area (Å²) in [5.74, 6) is -1.71. The van der Waals surface area contributed by atoms with Crippen LogP contribution in [0.3, 0.4) is 0 Å². The highest BCUT2D eigenvalue weighted by Crippen LogP contribution is 2.47. The molecule has 3 heterocycles. The molecule has 0 saturated carbocycles. The Morgan fingerprint density at radius 1 is 1.09 bits per heavy atom. The molecule has 33 heavy (non-hydrogen) atoms. The maximum Gasteiger partial charge on any atom is 0.235 e. The second-order valence-electron chi connectivity index (χ2n) is 12.1. The van der Waals surface area contributed by atoms with Crippen LogP contribution in [0.25, 0.3) is 11.2 Å². The molecule has 2 N–H and O–H groups in total. The van der Waals surface area contributed by atoms with Crippen LogP contribution in [0, 0.1) is 0 Å². The number of fused-ring (bicyclic) bond motifs is 1. The topological polar surface area (TPSA) is 97.3 Å². The Morgan fingerprint density at radius 3 is 2.27 bits per heavy atom. The van der Waals surface area contributed by atoms with Crippen LogP contribution in [0.1, 0.15) is 54.2 Å². The van der Waals surface area contributed by atoms with Crippen LogP contribution in [0.2, 0.25) is 36.3 Å². The predicted octanol–water partition coefficient (Wildman–Crippen LogP) is 5.41. The van der Waals surface area contributed by atoms with Crippen LogP contribution < -0.4 is 5.73 Å². The molecule has 2 aromatic heterocycles. The van der Waals surface area contributed by atoms with Gasteiger partial charge in [-0.15, -0.1) is 0 Å². The van der Waals surface area contributed by atoms with Crippen molar-refractivity contribution in [3.63, 3.8) is 0 Å². The van der Waals surface area contributed by atoms with E-state index in [1.165, 1.54) is 6.33 Å². The van der Waals surface area contributed by atoms with Crippen LogP contribution in [-0.2, 0) is 13.6 Å². The second kappa shape index (κ2) is 8.37. The zero-order chi connectivity index (χ0) is 25.0. The van der Waals surface area contributed by atoms with E-state index in [1.807, 2.05) is 0 Å². The molecule has 0 aromatic carbocycles. The van der Waals surface area contributed by atoms with Crippen molar-refractivity contribution in [3.05, 3.63) is 12.7 Å². The van der Waals surface area contributed by atoms with Crippen LogP contribution in [0.4, 0.5) is 10.2 Å². The van der Waals surface area contributed by atoms with E-state index < -0.39 is 34.8 Å². The van der Waals surface area contributed by atoms with E-state index in [9.17, 15) is 0 Å². The Labute approximate surface area is 198 Å². The number of nitrogens with zero attached hydrogens (tertiary/aromatic N) is 4. The first-order valence-electron chi connectivity index (χ1n) is 11.5. The maximum atomic E-state index is 16.2. The minimum Gasteiger partial charge on any atom is -0.411 e. The van der Waals surface area contributed by atoms with Gasteiger partial charge in [-0.1, -0.05) is 41.5 Å². The van der Waals surface area contributed by atoms with Crippen molar-refractivity contribution >= 4 is 33.6 Å². The number of alkyl halides is 1. The normalized spacial score (nSPS) is 25.2. The number of anilines is 1. The Balaban J connectivity index is 1.95. The van der Waals surface area contributed by atoms with E-state index >= 15 is 4.39 Å². The van der Waals surface area contributed by atoms with Crippen LogP contribution in [0.15, 0.2) is 12.7 Å². The summed E-state index contributed by atoms with van der Waals surface area (Å²) < 4.78 is 36.9. The van der Waals surface area contributed by atoms with Crippen LogP contribution in [-0.4, -0.2) is 54.7 Å². The number of hydrogen-bond acceptors (Lipinski definition) is 7. The molecule has 2 aromatic rings. The number of halogens is 1. The Morgan fingerprint density at radius 2 is 1.70 bits per heavy atom. The number of nitrogen functional groups attached to an aromatic ring is 1. The second-order valence-corrected chi connectivity index (χ2v) is 21.7. The number of ether oxygens (including phenoxy) is 1. The largest absolute Gasteiger partial charge is 0.411 e. The predicted molar refractivity (Wildman–Crippen MR) is 134 cm³/mol. The summed E-state index contributed by atoms with van der Waals surface area (Å²) in [4.78, 5) is 12.7. The molecule has 1 fully saturated rings. The average Bonchev–Trinajstić information content (AvgIpc) is 3.20. The molecule has 1 aliphatic rings. The first-order valence-corrected chi connectivity index (χ1v) is 17.3. The zero-order valence-electron chi connectivity index (χ0n) is 21.7. The summed E-state index contributed by atoms with van der Waals surface area (Å²) in [7, 11) is -4.39. The molecule has 3 rings (SSSR count). The molecule has 0 unspecified atom stereocenters. The van der Waals surface area contributed by atoms with Crippen molar-refractivity contribution in [2.75, 3.05) is 12.3 Å². The maximum absolute atomic E-state index is 16.2. The number of imidazole rings is 1. The molecule has 1 aliphatic heterocycles. The van der Waals surface area contributed by atoms with Crippen molar-refractivity contribution < 1.29 is 18.0 Å². The highest BCUT2D eigenvalue weighted by molar-refractivity contribution is 6.74. The number of rotatable bonds is 6. The summed E-state index contributed by atoms with van der Waals surface area (Å²) >= 11 is 0. The molecule has 0 radical (unpaired) electrons. The number of hydrogen-bond donors (Lipinski definition) is 1. The fraction of sp³-hybridized carbons (Fsp3) is 0.773. The monoisotopic (exact) mass is 497 g/mol. The summed E-state index contributed by atoms with van der Waals surface area (Å²) in [5.41, 5.74) is 6.92. The number of nitrogens with two attached hydrogens (primary N) is 1. The highest BCUT2D eigenvalue weighted by atomic mass is 28.4. The van der Waals surface area contributed by atoms with Gasteiger partial charge in [0, 0.05) is 6.42 Å². The quantitative estimate of drug-likeness (QED) is 0.533. The van der Waals surface area contributed by atoms with Gasteiger partial charge < -0.3 is 19.3 Å². The molecule has 1 saturated heterocycles. The fourth-order valence-electron chi connectivity index (χ4n) is 3.29. The summed E-state index contributed by atoms with van der Waals surface area (Å²) in [6.07, 6.45) is 1.75. The van der Waals surface area contributed by atoms with Gasteiger partial charge in [-0.3, -0.25) is 4.57 Å². The van der Waals surface area contributed by atoms with Gasteiger partial charge in [0.2, 0.25) is 5.85 Å². The van der Waals surface area contributed by atoms with E-state index in [4.69, 9.17) is 19.3 Å². The van der Waals surface area contributed by atoms with Gasteiger partial charge in [-0.25, -0.2) is 19.3 Å². The average molecular weight is 498 g/mol. The van der Waals surface area contributed by atoms with E-state index in [-0.39, 0.29) is 28.9 Å². The van der Waals surface area contributed by atoms with Crippen LogP contribution in [0.5, 0.6) is 0 Å². The third-order valence-electron chi connectivity index (χ3n) is 7.52. The van der Waals surface area contributed by atoms with Gasteiger partial charge in [0.05, 0.1) is 19.0 Å². The molecule has 0 amide bonds. The van der Waals surface area contributed by atoms with Gasteiger partial charge in [0.25, 0.3) is 0 Å². The van der Waals surface area contributed by atoms with Crippen LogP contribution >= 0.6 is 0 Å². The first kappa shape index (κ1) is 26.2. The Hall–Kier alpha value is -1.41. The third kappa shape index (κ3) is 5.16. The Bertz CT molecular complexity index is 1000. The lowest BCUT2D eigenvalue weighted by atomic mass is 10.2. The third-order valence-corrected chi connectivity index (χ3v) is 16.5. The van der Waals surface area contributed by atoms with Crippen molar-refractivity contribution in [2.45, 2.75) is 102 Å². The molecule has 3 atom stereocenters. The highest BCUT2D eigenvalue weighted by Gasteiger charge is 2.53. The fourth-order valence-corrected chi connectivity index (χ4v) is 5.61. The van der Waals surface area contributed by atoms with E-state index in [1.54, 1.807) is 10.9 Å². The summed E-state index contributed by atoms with van der Waals surface area (Å²) in [6.45, 7) is 21.3. The smallest absolute Gasteiger partial charge is 0.235 e. The Kier molecular flexibility index (Phi) is 6.64. The number of aromatic nitrogens is 4. The van der Waals surface area contributed by atoms with E-state index in [0.29, 0.717) is 11.2 Å². The van der Waals surface area contributed by atoms with E-state index in [0.717, 1.165) is 0 Å². The zero-order valence-corrected chi connectivity index (χ0v) is 23.7. The van der Waals surface area contributed by atoms with Gasteiger partial charge in [0.15, 0.2) is 34.3 Å². The van der Waals surface area contributed by atoms with Crippen molar-refractivity contribution in [2.24, 2.45) is 0 Å². The van der Waals surface area contributed by atoms with Crippen molar-refractivity contribution in [1.29, 1.82) is 0 Å². The lowest BCUT2D eigenvalue weighted by Crippen LogP contribution is -2.46. The standard InChI is InChI=1S/C22H40FN5O3Si2/c1-20(2,3)32(7,8)29-12-22(23)11-15(31-33(9,10)21(4,5)6)19(30-22)28-14-27-16-17(24)25-13-26-18(16)28/h13-15,19H,11-12H2,1-10H3,(H2,24,25,26)/t15-,19-,22-/m1/s1. The van der Waals surface area contributed by atoms with Gasteiger partial charge >= 0.3 is 0 Å². The van der Waals surface area contributed by atoms with Gasteiger partial charge in [-0.05, 0) is 36.3 Å². The molecule has 0 spiro atoms. The molecule has 11 heteroatoms. The molecule has 0 aliphatic carbocycles. The lowest BCUT2D eigenvalue weighted by molar-refractivity contribution is -0.176. The lowest BCUT2D eigenvalue weighted by Gasteiger charge is -2.39. The molecule has 186 valence electrons. The minimum atomic E-state index is -2.22. The summed E-state index contributed by atoms with van der Waals surface area (Å²) in [5, 5.41) is -0.0756. The molecule has 8 nitrogen and oxygen atoms in total. The molecule has 0 bridgehead atoms. The SMILES string of the molecule is CC(C)(C)[Si](C)(C)OC[C@@]1(F)C[C@@H](O[Si](C)(C)C(C)(C)C)[C@H](n2cnc3c(N)ncnc32)O1. The van der Waals surface area contributed by atoms with Gasteiger partial charge in [-0.2, -0.15) is 0 Å². The first-order chi connectivity index (χ1) is 14.9. The molecular formula is C22H40FN5O3Si2. The molecular weight excluding hydrogens is 457 g/mol. The van der Waals surface area contributed by atoms with Gasteiger partial charge in [0.1, 0.15) is 11.8 Å². The van der Waals surface area contributed by atoms with Crippen molar-refractivity contribution in [3.8, 4) is 0 Å².